The van der Waals surface area contributed by atoms with E-state index in [1.165, 1.54) is 16.9 Å². The first-order valence-electron chi connectivity index (χ1n) is 9.69. The van der Waals surface area contributed by atoms with Crippen molar-refractivity contribution >= 4 is 17.6 Å². The monoisotopic (exact) mass is 425 g/mol. The second kappa shape index (κ2) is 10.8. The Morgan fingerprint density at radius 2 is 1.87 bits per heavy atom. The molecule has 3 rings (SSSR count). The predicted molar refractivity (Wildman–Crippen MR) is 122 cm³/mol. The summed E-state index contributed by atoms with van der Waals surface area (Å²) >= 11 is 1.54. The number of hydrogen-bond acceptors (Lipinski definition) is 6. The highest BCUT2D eigenvalue weighted by atomic mass is 32.1. The van der Waals surface area contributed by atoms with Gasteiger partial charge in [0.15, 0.2) is 0 Å². The van der Waals surface area contributed by atoms with Crippen LogP contribution in [0.2, 0.25) is 0 Å². The van der Waals surface area contributed by atoms with Crippen molar-refractivity contribution < 1.29 is 14.2 Å². The molecule has 0 spiro atoms. The predicted octanol–water partition coefficient (Wildman–Crippen LogP) is 4.42. The fourth-order valence-corrected chi connectivity index (χ4v) is 3.81. The van der Waals surface area contributed by atoms with E-state index < -0.39 is 0 Å². The van der Waals surface area contributed by atoms with Gasteiger partial charge in [-0.15, -0.1) is 11.3 Å². The number of hydrogen-bond donors (Lipinski definition) is 0. The molecular formula is C23H27N3O3S. The molecule has 6 nitrogen and oxygen atoms in total. The molecule has 0 saturated carbocycles. The van der Waals surface area contributed by atoms with Gasteiger partial charge in [-0.1, -0.05) is 37.3 Å². The average molecular weight is 426 g/mol. The van der Waals surface area contributed by atoms with Gasteiger partial charge in [0.2, 0.25) is 4.80 Å². The normalized spacial score (nSPS) is 13.0. The number of benzene rings is 2. The van der Waals surface area contributed by atoms with Crippen LogP contribution in [0.5, 0.6) is 11.5 Å². The van der Waals surface area contributed by atoms with E-state index in [-0.39, 0.29) is 5.92 Å². The van der Waals surface area contributed by atoms with Crippen molar-refractivity contribution in [3.63, 3.8) is 0 Å². The zero-order valence-electron chi connectivity index (χ0n) is 17.7. The molecule has 1 atom stereocenters. The third-order valence-corrected chi connectivity index (χ3v) is 5.50. The molecular weight excluding hydrogens is 398 g/mol. The lowest BCUT2D eigenvalue weighted by atomic mass is 10.0. The fourth-order valence-electron chi connectivity index (χ4n) is 2.96. The van der Waals surface area contributed by atoms with Crippen molar-refractivity contribution in [2.75, 3.05) is 34.5 Å². The van der Waals surface area contributed by atoms with Gasteiger partial charge in [-0.05, 0) is 17.7 Å². The lowest BCUT2D eigenvalue weighted by molar-refractivity contribution is 0.207. The first-order valence-corrected chi connectivity index (χ1v) is 10.6. The third kappa shape index (κ3) is 5.17. The first kappa shape index (κ1) is 21.8. The van der Waals surface area contributed by atoms with Crippen LogP contribution in [0, 0.1) is 0 Å². The summed E-state index contributed by atoms with van der Waals surface area (Å²) < 4.78 is 17.9. The minimum atomic E-state index is 0.163. The Hall–Kier alpha value is -2.90. The lowest BCUT2D eigenvalue weighted by Crippen LogP contribution is -2.14. The molecule has 3 aromatic rings. The van der Waals surface area contributed by atoms with Gasteiger partial charge in [0.1, 0.15) is 11.5 Å². The maximum Gasteiger partial charge on any atom is 0.206 e. The van der Waals surface area contributed by atoms with E-state index in [9.17, 15) is 0 Å². The van der Waals surface area contributed by atoms with Crippen molar-refractivity contribution in [2.24, 2.45) is 10.1 Å². The summed E-state index contributed by atoms with van der Waals surface area (Å²) in [4.78, 5) is 5.46. The van der Waals surface area contributed by atoms with Crippen LogP contribution in [0.1, 0.15) is 18.4 Å². The fraction of sp³-hybridized carbons (Fsp3) is 0.304. The number of thiazole rings is 1. The molecule has 1 heterocycles. The van der Waals surface area contributed by atoms with Crippen molar-refractivity contribution in [3.8, 4) is 22.8 Å². The Morgan fingerprint density at radius 1 is 1.07 bits per heavy atom. The largest absolute Gasteiger partial charge is 0.497 e. The van der Waals surface area contributed by atoms with E-state index in [1.54, 1.807) is 21.3 Å². The molecule has 0 aliphatic heterocycles. The molecule has 0 radical (unpaired) electrons. The van der Waals surface area contributed by atoms with Crippen LogP contribution in [0.3, 0.4) is 0 Å². The maximum atomic E-state index is 5.61. The molecule has 1 aromatic heterocycles. The molecule has 30 heavy (non-hydrogen) atoms. The highest BCUT2D eigenvalue weighted by Gasteiger charge is 2.14. The number of rotatable bonds is 9. The van der Waals surface area contributed by atoms with Crippen LogP contribution in [0.15, 0.2) is 64.0 Å². The second-order valence-electron chi connectivity index (χ2n) is 6.62. The van der Waals surface area contributed by atoms with Gasteiger partial charge >= 0.3 is 0 Å². The zero-order valence-corrected chi connectivity index (χ0v) is 18.6. The molecule has 0 aliphatic rings. The number of methoxy groups -OCH3 is 3. The van der Waals surface area contributed by atoms with Gasteiger partial charge in [-0.25, -0.2) is 4.68 Å². The van der Waals surface area contributed by atoms with E-state index >= 15 is 0 Å². The maximum absolute atomic E-state index is 5.61. The standard InChI is InChI=1S/C23H27N3O3S/c1-17(18-8-6-5-7-9-18)15-25-26-21(16-30-23(26)24-12-13-27-2)20-11-10-19(28-3)14-22(20)29-4/h5-11,14-17H,12-13H2,1-4H3/b24-23?,25-15-/t17-/m1/s1. The van der Waals surface area contributed by atoms with Gasteiger partial charge in [0, 0.05) is 36.3 Å². The molecule has 0 bridgehead atoms. The quantitative estimate of drug-likeness (QED) is 0.377. The van der Waals surface area contributed by atoms with Gasteiger partial charge in [0.05, 0.1) is 33.1 Å². The minimum Gasteiger partial charge on any atom is -0.497 e. The minimum absolute atomic E-state index is 0.163. The lowest BCUT2D eigenvalue weighted by Gasteiger charge is -2.11. The molecule has 2 aromatic carbocycles. The highest BCUT2D eigenvalue weighted by molar-refractivity contribution is 7.07. The van der Waals surface area contributed by atoms with Gasteiger partial charge in [-0.3, -0.25) is 4.99 Å². The summed E-state index contributed by atoms with van der Waals surface area (Å²) in [6.45, 7) is 3.25. The highest BCUT2D eigenvalue weighted by Crippen LogP contribution is 2.33. The van der Waals surface area contributed by atoms with Crippen LogP contribution in [-0.4, -0.2) is 45.4 Å². The summed E-state index contributed by atoms with van der Waals surface area (Å²) in [5.74, 6) is 1.62. The summed E-state index contributed by atoms with van der Waals surface area (Å²) in [7, 11) is 4.96. The molecule has 0 saturated heterocycles. The SMILES string of the molecule is COCCN=c1scc(-c2ccc(OC)cc2OC)n1/N=C\[C@@H](C)c1ccccc1. The molecule has 0 amide bonds. The first-order chi connectivity index (χ1) is 14.7. The Bertz CT molecular complexity index is 1040. The van der Waals surface area contributed by atoms with E-state index in [0.29, 0.717) is 13.2 Å². The Labute approximate surface area is 181 Å². The summed E-state index contributed by atoms with van der Waals surface area (Å²) in [6.07, 6.45) is 1.94. The van der Waals surface area contributed by atoms with Crippen molar-refractivity contribution in [2.45, 2.75) is 12.8 Å². The van der Waals surface area contributed by atoms with Crippen molar-refractivity contribution in [3.05, 3.63) is 64.3 Å². The number of nitrogens with zero attached hydrogens (tertiary/aromatic N) is 3. The molecule has 158 valence electrons. The van der Waals surface area contributed by atoms with Gasteiger partial charge in [-0.2, -0.15) is 5.10 Å². The van der Waals surface area contributed by atoms with E-state index in [1.807, 2.05) is 52.7 Å². The Balaban J connectivity index is 2.04. The average Bonchev–Trinajstić information content (AvgIpc) is 3.20. The third-order valence-electron chi connectivity index (χ3n) is 4.64. The topological polar surface area (TPSA) is 57.3 Å². The van der Waals surface area contributed by atoms with E-state index in [0.717, 1.165) is 27.6 Å². The summed E-state index contributed by atoms with van der Waals surface area (Å²) in [5, 5.41) is 6.84. The number of aromatic nitrogens is 1. The van der Waals surface area contributed by atoms with Gasteiger partial charge < -0.3 is 14.2 Å². The van der Waals surface area contributed by atoms with Crippen LogP contribution in [-0.2, 0) is 4.74 Å². The van der Waals surface area contributed by atoms with Crippen LogP contribution >= 0.6 is 11.3 Å². The smallest absolute Gasteiger partial charge is 0.206 e. The van der Waals surface area contributed by atoms with Crippen molar-refractivity contribution in [1.29, 1.82) is 0 Å². The Kier molecular flexibility index (Phi) is 7.82. The summed E-state index contributed by atoms with van der Waals surface area (Å²) in [6, 6.07) is 16.1. The molecule has 0 unspecified atom stereocenters. The van der Waals surface area contributed by atoms with Crippen LogP contribution in [0.25, 0.3) is 11.3 Å². The van der Waals surface area contributed by atoms with Crippen LogP contribution in [0.4, 0.5) is 0 Å². The number of ether oxygens (including phenoxy) is 3. The summed E-state index contributed by atoms with van der Waals surface area (Å²) in [5.41, 5.74) is 3.04. The van der Waals surface area contributed by atoms with Gasteiger partial charge in [0.25, 0.3) is 0 Å². The van der Waals surface area contributed by atoms with Crippen LogP contribution < -0.4 is 14.3 Å². The van der Waals surface area contributed by atoms with E-state index in [4.69, 9.17) is 19.3 Å². The second-order valence-corrected chi connectivity index (χ2v) is 7.46. The molecule has 7 heteroatoms. The van der Waals surface area contributed by atoms with Crippen molar-refractivity contribution in [1.82, 2.24) is 4.68 Å². The van der Waals surface area contributed by atoms with E-state index in [2.05, 4.69) is 24.0 Å². The molecule has 0 N–H and O–H groups in total. The Morgan fingerprint density at radius 3 is 2.57 bits per heavy atom. The zero-order chi connectivity index (χ0) is 21.3. The molecule has 0 fully saturated rings. The molecule has 0 aliphatic carbocycles.